The van der Waals surface area contributed by atoms with Gasteiger partial charge in [0.1, 0.15) is 0 Å². The summed E-state index contributed by atoms with van der Waals surface area (Å²) in [5, 5.41) is 3.29. The van der Waals surface area contributed by atoms with Gasteiger partial charge >= 0.3 is 0 Å². The van der Waals surface area contributed by atoms with E-state index in [9.17, 15) is 4.79 Å². The average molecular weight is 260 g/mol. The number of nitrogens with one attached hydrogen (secondary N) is 1. The summed E-state index contributed by atoms with van der Waals surface area (Å²) in [5.41, 5.74) is 6.57. The van der Waals surface area contributed by atoms with E-state index in [1.165, 1.54) is 24.8 Å². The van der Waals surface area contributed by atoms with Gasteiger partial charge in [-0.15, -0.1) is 0 Å². The van der Waals surface area contributed by atoms with Crippen LogP contribution in [0, 0.1) is 0 Å². The van der Waals surface area contributed by atoms with Crippen LogP contribution in [0.15, 0.2) is 30.3 Å². The summed E-state index contributed by atoms with van der Waals surface area (Å²) in [6, 6.07) is 10.4. The molecule has 0 spiro atoms. The van der Waals surface area contributed by atoms with Gasteiger partial charge in [0, 0.05) is 6.42 Å². The number of benzene rings is 1. The summed E-state index contributed by atoms with van der Waals surface area (Å²) in [7, 11) is 0. The minimum atomic E-state index is -0.148. The minimum Gasteiger partial charge on any atom is -0.347 e. The number of nitrogens with two attached hydrogens (primary N) is 1. The molecule has 0 heterocycles. The molecule has 1 aliphatic carbocycles. The highest BCUT2D eigenvalue weighted by Gasteiger charge is 2.34. The van der Waals surface area contributed by atoms with Crippen LogP contribution in [0.1, 0.15) is 50.5 Å². The summed E-state index contributed by atoms with van der Waals surface area (Å²) < 4.78 is 0. The maximum absolute atomic E-state index is 12.1. The van der Waals surface area contributed by atoms with Crippen molar-refractivity contribution in [3.05, 3.63) is 35.9 Å². The summed E-state index contributed by atoms with van der Waals surface area (Å²) in [4.78, 5) is 12.1. The molecule has 2 rings (SSSR count). The second kappa shape index (κ2) is 6.71. The minimum absolute atomic E-state index is 0.135. The predicted molar refractivity (Wildman–Crippen MR) is 77.6 cm³/mol. The molecule has 0 aliphatic heterocycles. The first-order chi connectivity index (χ1) is 9.27. The Morgan fingerprint density at radius 1 is 1.16 bits per heavy atom. The molecule has 19 heavy (non-hydrogen) atoms. The maximum Gasteiger partial charge on any atom is 0.220 e. The van der Waals surface area contributed by atoms with Crippen LogP contribution >= 0.6 is 0 Å². The van der Waals surface area contributed by atoms with Crippen LogP contribution in [-0.2, 0) is 10.3 Å². The van der Waals surface area contributed by atoms with Crippen molar-refractivity contribution in [2.24, 2.45) is 5.73 Å². The van der Waals surface area contributed by atoms with E-state index < -0.39 is 0 Å². The molecule has 0 bridgehead atoms. The van der Waals surface area contributed by atoms with Gasteiger partial charge < -0.3 is 11.1 Å². The highest BCUT2D eigenvalue weighted by Crippen LogP contribution is 2.37. The lowest BCUT2D eigenvalue weighted by molar-refractivity contribution is -0.123. The van der Waals surface area contributed by atoms with Crippen molar-refractivity contribution in [1.82, 2.24) is 5.32 Å². The zero-order valence-corrected chi connectivity index (χ0v) is 11.5. The zero-order valence-electron chi connectivity index (χ0n) is 11.5. The summed E-state index contributed by atoms with van der Waals surface area (Å²) in [6.45, 7) is 0.575. The number of hydrogen-bond acceptors (Lipinski definition) is 2. The number of amides is 1. The first kappa shape index (κ1) is 14.1. The van der Waals surface area contributed by atoms with Crippen LogP contribution in [0.4, 0.5) is 0 Å². The van der Waals surface area contributed by atoms with E-state index in [1.807, 2.05) is 6.07 Å². The second-order valence-electron chi connectivity index (χ2n) is 5.45. The van der Waals surface area contributed by atoms with Gasteiger partial charge in [0.25, 0.3) is 0 Å². The smallest absolute Gasteiger partial charge is 0.220 e. The molecule has 3 N–H and O–H groups in total. The van der Waals surface area contributed by atoms with Gasteiger partial charge in [0.2, 0.25) is 5.91 Å². The zero-order chi connectivity index (χ0) is 13.6. The molecule has 3 nitrogen and oxygen atoms in total. The maximum atomic E-state index is 12.1. The quantitative estimate of drug-likeness (QED) is 0.855. The van der Waals surface area contributed by atoms with Crippen molar-refractivity contribution in [3.63, 3.8) is 0 Å². The van der Waals surface area contributed by atoms with Gasteiger partial charge in [-0.2, -0.15) is 0 Å². The lowest BCUT2D eigenvalue weighted by Gasteiger charge is -2.38. The molecule has 1 saturated carbocycles. The van der Waals surface area contributed by atoms with Crippen LogP contribution < -0.4 is 11.1 Å². The Morgan fingerprint density at radius 3 is 2.47 bits per heavy atom. The summed E-state index contributed by atoms with van der Waals surface area (Å²) >= 11 is 0. The lowest BCUT2D eigenvalue weighted by Crippen LogP contribution is -2.47. The Morgan fingerprint density at radius 2 is 1.84 bits per heavy atom. The highest BCUT2D eigenvalue weighted by molar-refractivity contribution is 5.77. The Kier molecular flexibility index (Phi) is 4.97. The van der Waals surface area contributed by atoms with Gasteiger partial charge in [0.15, 0.2) is 0 Å². The van der Waals surface area contributed by atoms with E-state index in [0.29, 0.717) is 13.0 Å². The molecular weight excluding hydrogens is 236 g/mol. The molecule has 1 fully saturated rings. The normalized spacial score (nSPS) is 17.9. The number of carbonyl (C=O) groups excluding carboxylic acids is 1. The first-order valence-corrected chi connectivity index (χ1v) is 7.33. The topological polar surface area (TPSA) is 55.1 Å². The summed E-state index contributed by atoms with van der Waals surface area (Å²) in [6.07, 6.45) is 7.03. The van der Waals surface area contributed by atoms with Crippen LogP contribution in [0.25, 0.3) is 0 Å². The molecule has 1 aromatic rings. The predicted octanol–water partition coefficient (Wildman–Crippen LogP) is 2.70. The molecule has 3 heteroatoms. The molecule has 1 amide bonds. The van der Waals surface area contributed by atoms with Gasteiger partial charge in [0.05, 0.1) is 5.54 Å². The third-order valence-electron chi connectivity index (χ3n) is 4.02. The monoisotopic (exact) mass is 260 g/mol. The lowest BCUT2D eigenvalue weighted by atomic mass is 9.76. The van der Waals surface area contributed by atoms with E-state index in [0.717, 1.165) is 19.3 Å². The number of rotatable bonds is 5. The van der Waals surface area contributed by atoms with Crippen molar-refractivity contribution in [2.45, 2.75) is 50.5 Å². The van der Waals surface area contributed by atoms with Crippen LogP contribution in [0.5, 0.6) is 0 Å². The SMILES string of the molecule is NCCCC(=O)NC1(c2ccccc2)CCCCC1. The molecule has 1 aromatic carbocycles. The fourth-order valence-electron chi connectivity index (χ4n) is 2.99. The molecule has 104 valence electrons. The molecule has 0 atom stereocenters. The van der Waals surface area contributed by atoms with Crippen LogP contribution in [0.3, 0.4) is 0 Å². The van der Waals surface area contributed by atoms with E-state index >= 15 is 0 Å². The number of hydrogen-bond donors (Lipinski definition) is 2. The molecule has 0 aromatic heterocycles. The molecule has 1 aliphatic rings. The summed E-state index contributed by atoms with van der Waals surface area (Å²) in [5.74, 6) is 0.135. The van der Waals surface area contributed by atoms with E-state index in [-0.39, 0.29) is 11.4 Å². The third-order valence-corrected chi connectivity index (χ3v) is 4.02. The van der Waals surface area contributed by atoms with Gasteiger partial charge in [-0.1, -0.05) is 49.6 Å². The van der Waals surface area contributed by atoms with E-state index in [2.05, 4.69) is 29.6 Å². The van der Waals surface area contributed by atoms with E-state index in [4.69, 9.17) is 5.73 Å². The largest absolute Gasteiger partial charge is 0.347 e. The van der Waals surface area contributed by atoms with Gasteiger partial charge in [-0.3, -0.25) is 4.79 Å². The molecule has 0 saturated heterocycles. The fourth-order valence-corrected chi connectivity index (χ4v) is 2.99. The third kappa shape index (κ3) is 3.57. The Bertz CT molecular complexity index is 396. The highest BCUT2D eigenvalue weighted by atomic mass is 16.1. The van der Waals surface area contributed by atoms with Crippen molar-refractivity contribution in [3.8, 4) is 0 Å². The Labute approximate surface area is 115 Å². The van der Waals surface area contributed by atoms with Gasteiger partial charge in [-0.25, -0.2) is 0 Å². The fraction of sp³-hybridized carbons (Fsp3) is 0.562. The molecule has 0 radical (unpaired) electrons. The van der Waals surface area contributed by atoms with Crippen molar-refractivity contribution in [1.29, 1.82) is 0 Å². The Balaban J connectivity index is 2.13. The molecular formula is C16H24N2O. The van der Waals surface area contributed by atoms with E-state index in [1.54, 1.807) is 0 Å². The Hall–Kier alpha value is -1.35. The van der Waals surface area contributed by atoms with Crippen molar-refractivity contribution >= 4 is 5.91 Å². The first-order valence-electron chi connectivity index (χ1n) is 7.33. The van der Waals surface area contributed by atoms with Crippen molar-refractivity contribution in [2.75, 3.05) is 6.54 Å². The average Bonchev–Trinajstić information content (AvgIpc) is 2.47. The standard InChI is InChI=1S/C16H24N2O/c17-13-7-10-15(19)18-16(11-5-2-6-12-16)14-8-3-1-4-9-14/h1,3-4,8-9H,2,5-7,10-13,17H2,(H,18,19). The van der Waals surface area contributed by atoms with Crippen LogP contribution in [0.2, 0.25) is 0 Å². The second-order valence-corrected chi connectivity index (χ2v) is 5.45. The van der Waals surface area contributed by atoms with Gasteiger partial charge in [-0.05, 0) is 31.4 Å². The molecule has 0 unspecified atom stereocenters. The number of carbonyl (C=O) groups is 1. The van der Waals surface area contributed by atoms with Crippen molar-refractivity contribution < 1.29 is 4.79 Å². The van der Waals surface area contributed by atoms with Crippen LogP contribution in [-0.4, -0.2) is 12.5 Å².